The molecule has 1 aromatic heterocycles. The minimum atomic E-state index is -3.72. The second kappa shape index (κ2) is 10.4. The van der Waals surface area contributed by atoms with Crippen molar-refractivity contribution in [1.82, 2.24) is 9.88 Å². The van der Waals surface area contributed by atoms with Gasteiger partial charge < -0.3 is 15.0 Å². The number of carbonyl (C=O) groups excluding carboxylic acids is 2. The fourth-order valence-electron chi connectivity index (χ4n) is 3.59. The van der Waals surface area contributed by atoms with E-state index in [0.29, 0.717) is 26.3 Å². The van der Waals surface area contributed by atoms with Crippen LogP contribution in [0, 0.1) is 11.3 Å². The minimum absolute atomic E-state index is 0.0261. The predicted molar refractivity (Wildman–Crippen MR) is 125 cm³/mol. The average Bonchev–Trinajstić information content (AvgIpc) is 3.14. The van der Waals surface area contributed by atoms with Crippen molar-refractivity contribution in [3.05, 3.63) is 17.0 Å². The summed E-state index contributed by atoms with van der Waals surface area (Å²) in [7, 11) is -3.72. The van der Waals surface area contributed by atoms with Crippen LogP contribution in [0.1, 0.15) is 62.5 Å². The molecule has 1 aromatic rings. The molecule has 0 radical (unpaired) electrons. The van der Waals surface area contributed by atoms with E-state index in [1.54, 1.807) is 25.7 Å². The largest absolute Gasteiger partial charge is 0.378 e. The number of hydrogen-bond donors (Lipinski definition) is 1. The van der Waals surface area contributed by atoms with Crippen LogP contribution >= 0.6 is 11.3 Å². The summed E-state index contributed by atoms with van der Waals surface area (Å²) in [5, 5.41) is 2.69. The lowest BCUT2D eigenvalue weighted by atomic mass is 9.96. The van der Waals surface area contributed by atoms with Crippen LogP contribution in [0.25, 0.3) is 0 Å². The van der Waals surface area contributed by atoms with Gasteiger partial charge in [-0.2, -0.15) is 0 Å². The van der Waals surface area contributed by atoms with E-state index in [1.165, 1.54) is 0 Å². The third-order valence-electron chi connectivity index (χ3n) is 5.57. The molecule has 10 heteroatoms. The molecule has 2 aliphatic rings. The second-order valence-corrected chi connectivity index (χ2v) is 12.6. The van der Waals surface area contributed by atoms with Gasteiger partial charge in [0.05, 0.1) is 19.0 Å². The molecular formula is C22H33N3O5S2. The molecule has 32 heavy (non-hydrogen) atoms. The van der Waals surface area contributed by atoms with E-state index in [0.717, 1.165) is 43.4 Å². The lowest BCUT2D eigenvalue weighted by molar-refractivity contribution is -0.123. The quantitative estimate of drug-likeness (QED) is 0.643. The number of nitrogens with zero attached hydrogens (tertiary/aromatic N) is 2. The molecule has 1 aliphatic heterocycles. The first kappa shape index (κ1) is 24.9. The molecule has 1 aliphatic carbocycles. The average molecular weight is 484 g/mol. The Hall–Kier alpha value is -1.78. The van der Waals surface area contributed by atoms with Crippen molar-refractivity contribution < 1.29 is 22.7 Å². The smallest absolute Gasteiger partial charge is 0.268 e. The van der Waals surface area contributed by atoms with Gasteiger partial charge >= 0.3 is 0 Å². The standard InChI is InChI=1S/C22H33N3O5S2/c1-22(2,3)20(27)23-18-17(19(26)25-11-13-30-14-12-25)31-21(24-18)32(28,29)15-16-9-7-5-4-6-8-10-16/h7,9,16H,4-6,8,10-15H2,1-3H3,(H,23,27). The zero-order valence-corrected chi connectivity index (χ0v) is 20.7. The first-order valence-electron chi connectivity index (χ1n) is 11.2. The first-order valence-corrected chi connectivity index (χ1v) is 13.6. The second-order valence-electron chi connectivity index (χ2n) is 9.37. The Kier molecular flexibility index (Phi) is 8.11. The van der Waals surface area contributed by atoms with Gasteiger partial charge in [-0.1, -0.05) is 57.1 Å². The Bertz CT molecular complexity index is 957. The topological polar surface area (TPSA) is 106 Å². The summed E-state index contributed by atoms with van der Waals surface area (Å²) in [6.45, 7) is 6.92. The van der Waals surface area contributed by atoms with Crippen molar-refractivity contribution in [3.63, 3.8) is 0 Å². The molecule has 0 bridgehead atoms. The Labute approximate surface area is 194 Å². The van der Waals surface area contributed by atoms with Crippen LogP contribution in [0.3, 0.4) is 0 Å². The summed E-state index contributed by atoms with van der Waals surface area (Å²) >= 11 is 0.849. The van der Waals surface area contributed by atoms with Crippen molar-refractivity contribution >= 4 is 38.8 Å². The van der Waals surface area contributed by atoms with Crippen molar-refractivity contribution in [2.24, 2.45) is 11.3 Å². The lowest BCUT2D eigenvalue weighted by Crippen LogP contribution is -2.40. The van der Waals surface area contributed by atoms with Crippen LogP contribution in [0.5, 0.6) is 0 Å². The summed E-state index contributed by atoms with van der Waals surface area (Å²) in [5.74, 6) is -0.754. The molecule has 178 valence electrons. The van der Waals surface area contributed by atoms with Crippen molar-refractivity contribution in [1.29, 1.82) is 0 Å². The molecule has 3 rings (SSSR count). The summed E-state index contributed by atoms with van der Waals surface area (Å²) in [4.78, 5) is 31.7. The SMILES string of the molecule is CC(C)(C)C(=O)Nc1nc(S(=O)(=O)CC2C=CCCCCC2)sc1C(=O)N1CCOCC1. The molecule has 1 fully saturated rings. The summed E-state index contributed by atoms with van der Waals surface area (Å²) < 4.78 is 31.6. The van der Waals surface area contributed by atoms with E-state index in [-0.39, 0.29) is 38.5 Å². The Morgan fingerprint density at radius 3 is 2.62 bits per heavy atom. The van der Waals surface area contributed by atoms with Crippen LogP contribution in [0.15, 0.2) is 16.5 Å². The number of rotatable bonds is 5. The number of ether oxygens (including phenoxy) is 1. The number of hydrogen-bond acceptors (Lipinski definition) is 7. The molecule has 2 heterocycles. The van der Waals surface area contributed by atoms with Gasteiger partial charge in [0, 0.05) is 18.5 Å². The fraction of sp³-hybridized carbons (Fsp3) is 0.682. The fourth-order valence-corrected chi connectivity index (χ4v) is 6.49. The number of anilines is 1. The molecule has 8 nitrogen and oxygen atoms in total. The summed E-state index contributed by atoms with van der Waals surface area (Å²) in [6.07, 6.45) is 9.06. The van der Waals surface area contributed by atoms with Gasteiger partial charge in [0.1, 0.15) is 4.88 Å². The third-order valence-corrected chi connectivity index (χ3v) is 8.91. The zero-order chi connectivity index (χ0) is 23.4. The minimum Gasteiger partial charge on any atom is -0.378 e. The van der Waals surface area contributed by atoms with Gasteiger partial charge in [-0.05, 0) is 25.2 Å². The van der Waals surface area contributed by atoms with Gasteiger partial charge in [-0.25, -0.2) is 13.4 Å². The molecule has 0 aromatic carbocycles. The number of sulfone groups is 1. The van der Waals surface area contributed by atoms with Gasteiger partial charge in [-0.3, -0.25) is 9.59 Å². The molecule has 2 amide bonds. The summed E-state index contributed by atoms with van der Waals surface area (Å²) in [6, 6.07) is 0. The van der Waals surface area contributed by atoms with Crippen LogP contribution in [0.4, 0.5) is 5.82 Å². The van der Waals surface area contributed by atoms with Crippen LogP contribution in [0.2, 0.25) is 0 Å². The number of thiazole rings is 1. The number of amides is 2. The van der Waals surface area contributed by atoms with E-state index in [9.17, 15) is 18.0 Å². The first-order chi connectivity index (χ1) is 15.1. The van der Waals surface area contributed by atoms with Crippen LogP contribution in [-0.2, 0) is 19.4 Å². The normalized spacial score (nSPS) is 20.5. The number of carbonyl (C=O) groups is 2. The predicted octanol–water partition coefficient (Wildman–Crippen LogP) is 3.51. The van der Waals surface area contributed by atoms with Gasteiger partial charge in [0.25, 0.3) is 5.91 Å². The molecule has 1 saturated heterocycles. The highest BCUT2D eigenvalue weighted by atomic mass is 32.2. The lowest BCUT2D eigenvalue weighted by Gasteiger charge is -2.26. The molecule has 1 N–H and O–H groups in total. The maximum atomic E-state index is 13.2. The summed E-state index contributed by atoms with van der Waals surface area (Å²) in [5.41, 5.74) is -0.717. The third kappa shape index (κ3) is 6.39. The van der Waals surface area contributed by atoms with Crippen molar-refractivity contribution in [2.75, 3.05) is 37.4 Å². The van der Waals surface area contributed by atoms with Crippen molar-refractivity contribution in [2.45, 2.75) is 57.2 Å². The van der Waals surface area contributed by atoms with E-state index in [2.05, 4.69) is 16.4 Å². The maximum Gasteiger partial charge on any atom is 0.268 e. The van der Waals surface area contributed by atoms with Crippen molar-refractivity contribution in [3.8, 4) is 0 Å². The van der Waals surface area contributed by atoms with Gasteiger partial charge in [-0.15, -0.1) is 0 Å². The van der Waals surface area contributed by atoms with Gasteiger partial charge in [0.2, 0.25) is 20.1 Å². The Morgan fingerprint density at radius 2 is 1.94 bits per heavy atom. The highest BCUT2D eigenvalue weighted by molar-refractivity contribution is 7.93. The highest BCUT2D eigenvalue weighted by Gasteiger charge is 2.32. The van der Waals surface area contributed by atoms with E-state index in [4.69, 9.17) is 4.74 Å². The maximum absolute atomic E-state index is 13.2. The Balaban J connectivity index is 1.90. The number of allylic oxidation sites excluding steroid dienone is 2. The van der Waals surface area contributed by atoms with Crippen LogP contribution in [-0.4, -0.2) is 62.2 Å². The number of nitrogens with one attached hydrogen (secondary N) is 1. The van der Waals surface area contributed by atoms with Crippen LogP contribution < -0.4 is 5.32 Å². The van der Waals surface area contributed by atoms with E-state index < -0.39 is 15.3 Å². The Morgan fingerprint density at radius 1 is 1.22 bits per heavy atom. The number of aromatic nitrogens is 1. The highest BCUT2D eigenvalue weighted by Crippen LogP contribution is 2.32. The molecule has 0 spiro atoms. The van der Waals surface area contributed by atoms with E-state index in [1.807, 2.05) is 6.08 Å². The molecule has 1 atom stereocenters. The zero-order valence-electron chi connectivity index (χ0n) is 19.1. The number of morpholine rings is 1. The molecular weight excluding hydrogens is 450 g/mol. The van der Waals surface area contributed by atoms with E-state index >= 15 is 0 Å². The van der Waals surface area contributed by atoms with Gasteiger partial charge in [0.15, 0.2) is 5.82 Å². The monoisotopic (exact) mass is 483 g/mol. The molecule has 1 unspecified atom stereocenters. The molecule has 0 saturated carbocycles.